The molecule has 3 fully saturated rings. The van der Waals surface area contributed by atoms with Gasteiger partial charge in [-0.1, -0.05) is 19.4 Å². The zero-order valence-electron chi connectivity index (χ0n) is 14.1. The lowest BCUT2D eigenvalue weighted by Crippen LogP contribution is -2.50. The number of ketones is 1. The lowest BCUT2D eigenvalue weighted by Gasteiger charge is -2.58. The largest absolute Gasteiger partial charge is 0.396 e. The molecule has 122 valence electrons. The number of rotatable bonds is 1. The van der Waals surface area contributed by atoms with E-state index in [2.05, 4.69) is 13.8 Å². The van der Waals surface area contributed by atoms with E-state index in [4.69, 9.17) is 0 Å². The highest BCUT2D eigenvalue weighted by atomic mass is 16.3. The highest BCUT2D eigenvalue weighted by Crippen LogP contribution is 2.66. The average molecular weight is 302 g/mol. The van der Waals surface area contributed by atoms with Crippen LogP contribution in [0.2, 0.25) is 0 Å². The maximum atomic E-state index is 11.8. The third-order valence-electron chi connectivity index (χ3n) is 8.38. The van der Waals surface area contributed by atoms with Crippen LogP contribution in [-0.2, 0) is 4.79 Å². The standard InChI is InChI=1S/C20H30O2/c1-19-9-7-15(22)11-13(19)3-5-16-17-6-4-14(12-21)20(17,2)10-8-18(16)19/h11,14,16-18,21H,3-10,12H2,1-2H3/t14-,16+,17+,18+,19-,20-/m0/s1. The van der Waals surface area contributed by atoms with Gasteiger partial charge in [0.2, 0.25) is 0 Å². The van der Waals surface area contributed by atoms with E-state index in [0.29, 0.717) is 23.7 Å². The normalized spacial score (nSPS) is 50.9. The maximum absolute atomic E-state index is 11.8. The van der Waals surface area contributed by atoms with Crippen molar-refractivity contribution in [1.29, 1.82) is 0 Å². The fourth-order valence-corrected chi connectivity index (χ4v) is 6.97. The van der Waals surface area contributed by atoms with Crippen molar-refractivity contribution in [2.45, 2.75) is 65.2 Å². The molecule has 4 aliphatic rings. The van der Waals surface area contributed by atoms with Gasteiger partial charge in [0, 0.05) is 13.0 Å². The van der Waals surface area contributed by atoms with Crippen LogP contribution in [0, 0.1) is 34.5 Å². The Hall–Kier alpha value is -0.630. The van der Waals surface area contributed by atoms with Crippen molar-refractivity contribution in [1.82, 2.24) is 0 Å². The summed E-state index contributed by atoms with van der Waals surface area (Å²) >= 11 is 0. The zero-order chi connectivity index (χ0) is 15.5. The number of aliphatic hydroxyl groups excluding tert-OH is 1. The van der Waals surface area contributed by atoms with E-state index in [1.807, 2.05) is 6.08 Å². The van der Waals surface area contributed by atoms with Crippen molar-refractivity contribution >= 4 is 5.78 Å². The van der Waals surface area contributed by atoms with Crippen LogP contribution in [0.15, 0.2) is 11.6 Å². The zero-order valence-corrected chi connectivity index (χ0v) is 14.1. The van der Waals surface area contributed by atoms with Crippen LogP contribution in [0.25, 0.3) is 0 Å². The van der Waals surface area contributed by atoms with Gasteiger partial charge in [-0.25, -0.2) is 0 Å². The fraction of sp³-hybridized carbons (Fsp3) is 0.850. The minimum atomic E-state index is 0.287. The van der Waals surface area contributed by atoms with Gasteiger partial charge < -0.3 is 5.11 Å². The molecule has 0 unspecified atom stereocenters. The van der Waals surface area contributed by atoms with Crippen LogP contribution >= 0.6 is 0 Å². The molecule has 22 heavy (non-hydrogen) atoms. The molecule has 1 N–H and O–H groups in total. The van der Waals surface area contributed by atoms with Crippen LogP contribution in [0.4, 0.5) is 0 Å². The molecule has 0 aromatic carbocycles. The van der Waals surface area contributed by atoms with Crippen LogP contribution < -0.4 is 0 Å². The average Bonchev–Trinajstić information content (AvgIpc) is 2.84. The predicted molar refractivity (Wildman–Crippen MR) is 87.3 cm³/mol. The highest BCUT2D eigenvalue weighted by molar-refractivity contribution is 5.91. The van der Waals surface area contributed by atoms with Crippen molar-refractivity contribution in [2.24, 2.45) is 34.5 Å². The molecular weight excluding hydrogens is 272 g/mol. The minimum absolute atomic E-state index is 0.287. The molecule has 0 radical (unpaired) electrons. The van der Waals surface area contributed by atoms with Crippen molar-refractivity contribution in [3.05, 3.63) is 11.6 Å². The Morgan fingerprint density at radius 1 is 1.09 bits per heavy atom. The third kappa shape index (κ3) is 1.85. The molecule has 0 aromatic heterocycles. The van der Waals surface area contributed by atoms with Crippen LogP contribution in [0.1, 0.15) is 65.2 Å². The fourth-order valence-electron chi connectivity index (χ4n) is 6.97. The van der Waals surface area contributed by atoms with E-state index in [9.17, 15) is 9.90 Å². The molecule has 0 bridgehead atoms. The summed E-state index contributed by atoms with van der Waals surface area (Å²) in [5.74, 6) is 3.28. The Morgan fingerprint density at radius 2 is 1.91 bits per heavy atom. The van der Waals surface area contributed by atoms with Gasteiger partial charge in [-0.15, -0.1) is 0 Å². The minimum Gasteiger partial charge on any atom is -0.396 e. The summed E-state index contributed by atoms with van der Waals surface area (Å²) in [7, 11) is 0. The summed E-state index contributed by atoms with van der Waals surface area (Å²) < 4.78 is 0. The highest BCUT2D eigenvalue weighted by Gasteiger charge is 2.58. The number of fused-ring (bicyclic) bond motifs is 5. The first kappa shape index (κ1) is 14.9. The number of carbonyl (C=O) groups excluding carboxylic acids is 1. The lowest BCUT2D eigenvalue weighted by molar-refractivity contribution is -0.117. The van der Waals surface area contributed by atoms with E-state index in [1.54, 1.807) is 0 Å². The maximum Gasteiger partial charge on any atom is 0.155 e. The second kappa shape index (κ2) is 4.93. The van der Waals surface area contributed by atoms with Crippen LogP contribution in [-0.4, -0.2) is 17.5 Å². The second-order valence-electron chi connectivity index (χ2n) is 8.97. The summed E-state index contributed by atoms with van der Waals surface area (Å²) in [4.78, 5) is 11.8. The molecule has 3 saturated carbocycles. The van der Waals surface area contributed by atoms with Gasteiger partial charge in [0.05, 0.1) is 0 Å². The number of aliphatic hydroxyl groups is 1. The number of hydrogen-bond acceptors (Lipinski definition) is 2. The Kier molecular flexibility index (Phi) is 3.35. The smallest absolute Gasteiger partial charge is 0.155 e. The molecule has 0 amide bonds. The predicted octanol–water partition coefficient (Wildman–Crippen LogP) is 4.13. The van der Waals surface area contributed by atoms with Crippen molar-refractivity contribution in [3.8, 4) is 0 Å². The van der Waals surface area contributed by atoms with Crippen LogP contribution in [0.5, 0.6) is 0 Å². The summed E-state index contributed by atoms with van der Waals surface area (Å²) in [6.45, 7) is 5.28. The molecule has 4 rings (SSSR count). The Bertz CT molecular complexity index is 522. The lowest BCUT2D eigenvalue weighted by atomic mass is 9.47. The molecule has 6 atom stereocenters. The van der Waals surface area contributed by atoms with Gasteiger partial charge in [0.25, 0.3) is 0 Å². The Balaban J connectivity index is 1.67. The van der Waals surface area contributed by atoms with Gasteiger partial charge in [-0.3, -0.25) is 4.79 Å². The Morgan fingerprint density at radius 3 is 2.68 bits per heavy atom. The first-order valence-electron chi connectivity index (χ1n) is 9.34. The molecule has 0 heterocycles. The first-order valence-corrected chi connectivity index (χ1v) is 9.34. The van der Waals surface area contributed by atoms with E-state index < -0.39 is 0 Å². The molecule has 0 aliphatic heterocycles. The van der Waals surface area contributed by atoms with E-state index >= 15 is 0 Å². The first-order chi connectivity index (χ1) is 10.5. The van der Waals surface area contributed by atoms with Gasteiger partial charge in [0.1, 0.15) is 0 Å². The molecule has 0 spiro atoms. The van der Waals surface area contributed by atoms with Gasteiger partial charge in [-0.05, 0) is 85.5 Å². The molecule has 0 aromatic rings. The SMILES string of the molecule is C[C@@]12CC[C@@H]3[C@H](CCC4=CC(=O)CC[C@@]43C)[C@H]1CC[C@H]2CO. The van der Waals surface area contributed by atoms with Crippen LogP contribution in [0.3, 0.4) is 0 Å². The van der Waals surface area contributed by atoms with E-state index in [1.165, 1.54) is 37.7 Å². The second-order valence-corrected chi connectivity index (χ2v) is 8.97. The van der Waals surface area contributed by atoms with E-state index in [0.717, 1.165) is 37.0 Å². The third-order valence-corrected chi connectivity index (χ3v) is 8.38. The molecular formula is C20H30O2. The van der Waals surface area contributed by atoms with Gasteiger partial charge >= 0.3 is 0 Å². The molecule has 0 saturated heterocycles. The van der Waals surface area contributed by atoms with Crippen molar-refractivity contribution in [3.63, 3.8) is 0 Å². The Labute approximate surface area is 134 Å². The monoisotopic (exact) mass is 302 g/mol. The van der Waals surface area contributed by atoms with Crippen molar-refractivity contribution < 1.29 is 9.90 Å². The van der Waals surface area contributed by atoms with Gasteiger partial charge in [0.15, 0.2) is 5.78 Å². The number of allylic oxidation sites excluding steroid dienone is 1. The summed E-state index contributed by atoms with van der Waals surface area (Å²) in [6.07, 6.45) is 11.4. The quantitative estimate of drug-likeness (QED) is 0.791. The van der Waals surface area contributed by atoms with Crippen molar-refractivity contribution in [2.75, 3.05) is 6.61 Å². The van der Waals surface area contributed by atoms with Gasteiger partial charge in [-0.2, -0.15) is 0 Å². The number of carbonyl (C=O) groups is 1. The topological polar surface area (TPSA) is 37.3 Å². The summed E-state index contributed by atoms with van der Waals surface area (Å²) in [5, 5.41) is 9.79. The molecule has 2 heteroatoms. The summed E-state index contributed by atoms with van der Waals surface area (Å²) in [5.41, 5.74) is 2.12. The van der Waals surface area contributed by atoms with E-state index in [-0.39, 0.29) is 5.41 Å². The summed E-state index contributed by atoms with van der Waals surface area (Å²) in [6, 6.07) is 0. The molecule has 2 nitrogen and oxygen atoms in total. The number of hydrogen-bond donors (Lipinski definition) is 1. The molecule has 4 aliphatic carbocycles.